The molecule has 0 aliphatic carbocycles. The monoisotopic (exact) mass is 345 g/mol. The largest absolute Gasteiger partial charge is 0.493 e. The van der Waals surface area contributed by atoms with Crippen LogP contribution in [-0.2, 0) is 4.79 Å². The lowest BCUT2D eigenvalue weighted by Crippen LogP contribution is -2.39. The van der Waals surface area contributed by atoms with Crippen LogP contribution in [0.1, 0.15) is 43.0 Å². The number of carbonyl (C=O) groups is 1. The van der Waals surface area contributed by atoms with E-state index in [4.69, 9.17) is 4.74 Å². The number of rotatable bonds is 6. The number of aromatic nitrogens is 2. The summed E-state index contributed by atoms with van der Waals surface area (Å²) in [7, 11) is 0. The van der Waals surface area contributed by atoms with Crippen molar-refractivity contribution in [3.8, 4) is 5.75 Å². The Morgan fingerprint density at radius 1 is 1.44 bits per heavy atom. The van der Waals surface area contributed by atoms with Gasteiger partial charge in [0.15, 0.2) is 0 Å². The van der Waals surface area contributed by atoms with Gasteiger partial charge in [-0.05, 0) is 44.4 Å². The first-order valence-corrected chi connectivity index (χ1v) is 8.80. The molecule has 0 bridgehead atoms. The number of likely N-dealkylation sites (tertiary alicyclic amines) is 1. The van der Waals surface area contributed by atoms with Gasteiger partial charge in [0, 0.05) is 37.2 Å². The molecular formula is C19H24FN3O2. The highest BCUT2D eigenvalue weighted by Crippen LogP contribution is 2.26. The van der Waals surface area contributed by atoms with Gasteiger partial charge in [-0.15, -0.1) is 0 Å². The number of ether oxygens (including phenoxy) is 1. The minimum atomic E-state index is -0.318. The van der Waals surface area contributed by atoms with Crippen LogP contribution >= 0.6 is 0 Å². The van der Waals surface area contributed by atoms with E-state index in [0.29, 0.717) is 31.1 Å². The van der Waals surface area contributed by atoms with Crippen molar-refractivity contribution in [3.63, 3.8) is 0 Å². The predicted octanol–water partition coefficient (Wildman–Crippen LogP) is 3.42. The summed E-state index contributed by atoms with van der Waals surface area (Å²) >= 11 is 0. The van der Waals surface area contributed by atoms with E-state index >= 15 is 0 Å². The number of hydrogen-bond donors (Lipinski definition) is 1. The summed E-state index contributed by atoms with van der Waals surface area (Å²) in [6, 6.07) is 8.12. The summed E-state index contributed by atoms with van der Waals surface area (Å²) in [5, 5.41) is 7.31. The second-order valence-electron chi connectivity index (χ2n) is 6.56. The second-order valence-corrected chi connectivity index (χ2v) is 6.56. The number of H-pyrrole nitrogens is 1. The zero-order valence-corrected chi connectivity index (χ0v) is 14.5. The summed E-state index contributed by atoms with van der Waals surface area (Å²) in [6.07, 6.45) is 3.14. The highest BCUT2D eigenvalue weighted by molar-refractivity contribution is 5.76. The van der Waals surface area contributed by atoms with E-state index in [2.05, 4.69) is 16.3 Å². The van der Waals surface area contributed by atoms with Crippen molar-refractivity contribution >= 4 is 5.91 Å². The molecule has 2 aromatic rings. The Balaban J connectivity index is 1.43. The van der Waals surface area contributed by atoms with E-state index in [-0.39, 0.29) is 11.7 Å². The normalized spacial score (nSPS) is 17.5. The van der Waals surface area contributed by atoms with Crippen LogP contribution in [0.15, 0.2) is 30.3 Å². The fraction of sp³-hybridized carbons (Fsp3) is 0.474. The lowest BCUT2D eigenvalue weighted by molar-refractivity contribution is -0.132. The van der Waals surface area contributed by atoms with E-state index in [1.807, 2.05) is 11.8 Å². The van der Waals surface area contributed by atoms with Gasteiger partial charge < -0.3 is 9.64 Å². The average molecular weight is 345 g/mol. The first-order chi connectivity index (χ1) is 12.1. The molecule has 6 heteroatoms. The molecule has 3 rings (SSSR count). The average Bonchev–Trinajstić information content (AvgIpc) is 3.05. The topological polar surface area (TPSA) is 58.2 Å². The molecule has 1 aromatic heterocycles. The smallest absolute Gasteiger partial charge is 0.222 e. The SMILES string of the molecule is Cc1cc([C@@H]2CCCN(C(=O)CCCOc3cccc(F)c3)C2)n[nH]1. The summed E-state index contributed by atoms with van der Waals surface area (Å²) in [6.45, 7) is 3.93. The van der Waals surface area contributed by atoms with E-state index in [1.165, 1.54) is 12.1 Å². The molecule has 1 fully saturated rings. The van der Waals surface area contributed by atoms with Gasteiger partial charge in [0.2, 0.25) is 5.91 Å². The minimum Gasteiger partial charge on any atom is -0.493 e. The third-order valence-corrected chi connectivity index (χ3v) is 4.52. The Morgan fingerprint density at radius 3 is 3.08 bits per heavy atom. The van der Waals surface area contributed by atoms with Crippen LogP contribution in [0.2, 0.25) is 0 Å². The quantitative estimate of drug-likeness (QED) is 0.816. The molecule has 0 saturated carbocycles. The van der Waals surface area contributed by atoms with Crippen molar-refractivity contribution in [2.24, 2.45) is 0 Å². The third kappa shape index (κ3) is 4.81. The zero-order valence-electron chi connectivity index (χ0n) is 14.5. The maximum absolute atomic E-state index is 13.1. The van der Waals surface area contributed by atoms with Gasteiger partial charge in [-0.2, -0.15) is 5.10 Å². The number of amides is 1. The molecule has 0 radical (unpaired) electrons. The van der Waals surface area contributed by atoms with Crippen molar-refractivity contribution < 1.29 is 13.9 Å². The number of piperidine rings is 1. The molecule has 1 amide bonds. The molecule has 1 saturated heterocycles. The molecule has 0 unspecified atom stereocenters. The maximum Gasteiger partial charge on any atom is 0.222 e. The van der Waals surface area contributed by atoms with Gasteiger partial charge >= 0.3 is 0 Å². The van der Waals surface area contributed by atoms with E-state index in [1.54, 1.807) is 12.1 Å². The van der Waals surface area contributed by atoms with Crippen molar-refractivity contribution in [2.75, 3.05) is 19.7 Å². The van der Waals surface area contributed by atoms with Crippen LogP contribution in [0.25, 0.3) is 0 Å². The Bertz CT molecular complexity index is 716. The summed E-state index contributed by atoms with van der Waals surface area (Å²) in [5.41, 5.74) is 2.09. The molecule has 2 heterocycles. The van der Waals surface area contributed by atoms with Gasteiger partial charge in [0.1, 0.15) is 11.6 Å². The fourth-order valence-electron chi connectivity index (χ4n) is 3.22. The van der Waals surface area contributed by atoms with Gasteiger partial charge in [-0.25, -0.2) is 4.39 Å². The van der Waals surface area contributed by atoms with Crippen LogP contribution in [0, 0.1) is 12.7 Å². The number of hydrogen-bond acceptors (Lipinski definition) is 3. The van der Waals surface area contributed by atoms with Crippen LogP contribution in [0.4, 0.5) is 4.39 Å². The van der Waals surface area contributed by atoms with E-state index in [9.17, 15) is 9.18 Å². The van der Waals surface area contributed by atoms with Crippen LogP contribution < -0.4 is 4.74 Å². The molecule has 1 N–H and O–H groups in total. The number of nitrogens with zero attached hydrogens (tertiary/aromatic N) is 2. The Labute approximate surface area is 147 Å². The lowest BCUT2D eigenvalue weighted by Gasteiger charge is -2.32. The van der Waals surface area contributed by atoms with Gasteiger partial charge in [-0.3, -0.25) is 9.89 Å². The van der Waals surface area contributed by atoms with Crippen LogP contribution in [0.3, 0.4) is 0 Å². The first-order valence-electron chi connectivity index (χ1n) is 8.80. The molecule has 0 spiro atoms. The number of aromatic amines is 1. The van der Waals surface area contributed by atoms with Gasteiger partial charge in [0.25, 0.3) is 0 Å². The van der Waals surface area contributed by atoms with Crippen molar-refractivity contribution in [1.29, 1.82) is 0 Å². The third-order valence-electron chi connectivity index (χ3n) is 4.52. The molecule has 5 nitrogen and oxygen atoms in total. The predicted molar refractivity (Wildman–Crippen MR) is 93.0 cm³/mol. The van der Waals surface area contributed by atoms with Crippen molar-refractivity contribution in [3.05, 3.63) is 47.5 Å². The molecule has 1 aromatic carbocycles. The van der Waals surface area contributed by atoms with Gasteiger partial charge in [0.05, 0.1) is 12.3 Å². The highest BCUT2D eigenvalue weighted by Gasteiger charge is 2.25. The summed E-state index contributed by atoms with van der Waals surface area (Å²) in [4.78, 5) is 14.4. The summed E-state index contributed by atoms with van der Waals surface area (Å²) < 4.78 is 18.6. The number of nitrogens with one attached hydrogen (secondary N) is 1. The number of halogens is 1. The second kappa shape index (κ2) is 8.14. The molecule has 1 aliphatic rings. The Hall–Kier alpha value is -2.37. The standard InChI is InChI=1S/C19H24FN3O2/c1-14-11-18(22-21-14)15-5-3-9-23(13-15)19(24)8-4-10-25-17-7-2-6-16(20)12-17/h2,6-7,11-12,15H,3-5,8-10,13H2,1H3,(H,21,22)/t15-/m1/s1. The number of aryl methyl sites for hydroxylation is 1. The lowest BCUT2D eigenvalue weighted by atomic mass is 9.94. The van der Waals surface area contributed by atoms with Gasteiger partial charge in [-0.1, -0.05) is 6.07 Å². The van der Waals surface area contributed by atoms with E-state index in [0.717, 1.165) is 37.3 Å². The Kier molecular flexibility index (Phi) is 5.68. The highest BCUT2D eigenvalue weighted by atomic mass is 19.1. The molecular weight excluding hydrogens is 321 g/mol. The van der Waals surface area contributed by atoms with Crippen molar-refractivity contribution in [1.82, 2.24) is 15.1 Å². The van der Waals surface area contributed by atoms with Crippen molar-refractivity contribution in [2.45, 2.75) is 38.5 Å². The fourth-order valence-corrected chi connectivity index (χ4v) is 3.22. The molecule has 134 valence electrons. The first kappa shape index (κ1) is 17.5. The maximum atomic E-state index is 13.1. The number of carbonyl (C=O) groups excluding carboxylic acids is 1. The Morgan fingerprint density at radius 2 is 2.32 bits per heavy atom. The number of benzene rings is 1. The van der Waals surface area contributed by atoms with Crippen LogP contribution in [0.5, 0.6) is 5.75 Å². The molecule has 1 aliphatic heterocycles. The van der Waals surface area contributed by atoms with E-state index < -0.39 is 0 Å². The molecule has 1 atom stereocenters. The zero-order chi connectivity index (χ0) is 17.6. The van der Waals surface area contributed by atoms with Crippen LogP contribution in [-0.4, -0.2) is 40.7 Å². The minimum absolute atomic E-state index is 0.153. The summed E-state index contributed by atoms with van der Waals surface area (Å²) in [5.74, 6) is 0.645. The molecule has 25 heavy (non-hydrogen) atoms.